The van der Waals surface area contributed by atoms with Gasteiger partial charge in [0.05, 0.1) is 0 Å². The number of guanidine groups is 1. The van der Waals surface area contributed by atoms with E-state index in [1.54, 1.807) is 12.1 Å². The quantitative estimate of drug-likeness (QED) is 0.710. The van der Waals surface area contributed by atoms with Crippen LogP contribution in [0.25, 0.3) is 0 Å². The number of nitrogens with two attached hydrogens (primary N) is 1. The average Bonchev–Trinajstić information content (AvgIpc) is 3.10. The van der Waals surface area contributed by atoms with Gasteiger partial charge in [0.2, 0.25) is 0 Å². The smallest absolute Gasteiger partial charge is 0.198 e. The molecule has 6 heteroatoms. The van der Waals surface area contributed by atoms with E-state index >= 15 is 0 Å². The van der Waals surface area contributed by atoms with Gasteiger partial charge in [0.1, 0.15) is 23.2 Å². The molecule has 0 radical (unpaired) electrons. The number of rotatable bonds is 4. The molecule has 0 amide bonds. The number of hydrogen-bond acceptors (Lipinski definition) is 5. The number of fused-ring (bicyclic) bond motifs is 1. The number of halogens is 1. The lowest BCUT2D eigenvalue weighted by Gasteiger charge is -2.33. The molecule has 2 N–H and O–H groups in total. The first-order valence-electron chi connectivity index (χ1n) is 9.94. The summed E-state index contributed by atoms with van der Waals surface area (Å²) in [4.78, 5) is 11.8. The Bertz CT molecular complexity index is 1130. The molecule has 150 valence electrons. The van der Waals surface area contributed by atoms with Crippen molar-refractivity contribution in [2.75, 3.05) is 13.1 Å². The monoisotopic (exact) mass is 400 g/mol. The van der Waals surface area contributed by atoms with Gasteiger partial charge in [0, 0.05) is 13.1 Å². The third kappa shape index (κ3) is 3.01. The average molecular weight is 400 g/mol. The zero-order chi connectivity index (χ0) is 20.6. The number of hydrogen-bond donors (Lipinski definition) is 1. The van der Waals surface area contributed by atoms with Crippen LogP contribution in [0.5, 0.6) is 11.5 Å². The van der Waals surface area contributed by atoms with Crippen LogP contribution in [0, 0.1) is 5.82 Å². The van der Waals surface area contributed by atoms with E-state index in [1.807, 2.05) is 59.5 Å². The Morgan fingerprint density at radius 3 is 2.47 bits per heavy atom. The molecule has 0 saturated carbocycles. The summed E-state index contributed by atoms with van der Waals surface area (Å²) < 4.78 is 19.2. The lowest BCUT2D eigenvalue weighted by atomic mass is 9.82. The fourth-order valence-corrected chi connectivity index (χ4v) is 4.08. The standard InChI is InChI=1S/C24H21FN4O/c25-19-10-12-20(13-11-19)30-21-9-4-8-18(16-21)24(17-6-2-1-3-7-17)22-27-14-5-15-29(22)23(26)28-24/h1-4,6-13,16H,5,14-15H2,(H2,26,28). The summed E-state index contributed by atoms with van der Waals surface area (Å²) in [5.41, 5.74) is 7.43. The van der Waals surface area contributed by atoms with Gasteiger partial charge in [0.25, 0.3) is 0 Å². The van der Waals surface area contributed by atoms with E-state index in [-0.39, 0.29) is 5.82 Å². The van der Waals surface area contributed by atoms with Gasteiger partial charge in [-0.05, 0) is 53.9 Å². The SMILES string of the molecule is NC1=NC(c2ccccc2)(c2cccc(Oc3ccc(F)cc3)c2)C2=NCCCN12. The number of aliphatic imine (C=N–C) groups is 2. The van der Waals surface area contributed by atoms with Gasteiger partial charge in [0.15, 0.2) is 11.5 Å². The van der Waals surface area contributed by atoms with E-state index < -0.39 is 5.54 Å². The summed E-state index contributed by atoms with van der Waals surface area (Å²) in [6.07, 6.45) is 0.943. The molecule has 2 aliphatic heterocycles. The van der Waals surface area contributed by atoms with Gasteiger partial charge in [-0.3, -0.25) is 9.89 Å². The van der Waals surface area contributed by atoms with E-state index in [0.29, 0.717) is 17.5 Å². The van der Waals surface area contributed by atoms with Crippen molar-refractivity contribution in [3.8, 4) is 11.5 Å². The van der Waals surface area contributed by atoms with Crippen LogP contribution >= 0.6 is 0 Å². The van der Waals surface area contributed by atoms with E-state index in [1.165, 1.54) is 12.1 Å². The lowest BCUT2D eigenvalue weighted by Crippen LogP contribution is -2.46. The second-order valence-electron chi connectivity index (χ2n) is 7.34. The largest absolute Gasteiger partial charge is 0.457 e. The van der Waals surface area contributed by atoms with Crippen molar-refractivity contribution >= 4 is 11.8 Å². The van der Waals surface area contributed by atoms with Crippen molar-refractivity contribution < 1.29 is 9.13 Å². The van der Waals surface area contributed by atoms with Crippen molar-refractivity contribution in [2.45, 2.75) is 12.0 Å². The molecule has 1 atom stereocenters. The van der Waals surface area contributed by atoms with Crippen LogP contribution in [-0.4, -0.2) is 29.8 Å². The zero-order valence-electron chi connectivity index (χ0n) is 16.3. The van der Waals surface area contributed by atoms with Crippen LogP contribution in [0.3, 0.4) is 0 Å². The van der Waals surface area contributed by atoms with Crippen LogP contribution in [0.15, 0.2) is 88.8 Å². The molecule has 2 heterocycles. The normalized spacial score (nSPS) is 20.4. The maximum absolute atomic E-state index is 13.2. The minimum atomic E-state index is -0.825. The van der Waals surface area contributed by atoms with E-state index in [9.17, 15) is 4.39 Å². The molecule has 0 aromatic heterocycles. The Morgan fingerprint density at radius 1 is 0.900 bits per heavy atom. The Labute approximate surface area is 174 Å². The lowest BCUT2D eigenvalue weighted by molar-refractivity contribution is 0.478. The molecule has 1 unspecified atom stereocenters. The maximum Gasteiger partial charge on any atom is 0.198 e. The summed E-state index contributed by atoms with van der Waals surface area (Å²) in [5, 5.41) is 0. The van der Waals surface area contributed by atoms with Crippen LogP contribution in [0.2, 0.25) is 0 Å². The summed E-state index contributed by atoms with van der Waals surface area (Å²) in [5.74, 6) is 2.22. The van der Waals surface area contributed by atoms with E-state index in [2.05, 4.69) is 0 Å². The number of amidine groups is 1. The van der Waals surface area contributed by atoms with Crippen LogP contribution in [0.4, 0.5) is 4.39 Å². The summed E-state index contributed by atoms with van der Waals surface area (Å²) in [7, 11) is 0. The first-order valence-corrected chi connectivity index (χ1v) is 9.94. The van der Waals surface area contributed by atoms with Crippen LogP contribution in [0.1, 0.15) is 17.5 Å². The molecule has 3 aromatic rings. The molecule has 30 heavy (non-hydrogen) atoms. The highest BCUT2D eigenvalue weighted by molar-refractivity contribution is 6.12. The van der Waals surface area contributed by atoms with Gasteiger partial charge >= 0.3 is 0 Å². The highest BCUT2D eigenvalue weighted by Gasteiger charge is 2.49. The third-order valence-corrected chi connectivity index (χ3v) is 5.43. The molecule has 0 saturated heterocycles. The van der Waals surface area contributed by atoms with Crippen molar-refractivity contribution in [3.63, 3.8) is 0 Å². The molecule has 2 aliphatic rings. The Morgan fingerprint density at radius 2 is 1.67 bits per heavy atom. The zero-order valence-corrected chi connectivity index (χ0v) is 16.3. The molecule has 3 aromatic carbocycles. The third-order valence-electron chi connectivity index (χ3n) is 5.43. The molecule has 0 fully saturated rings. The van der Waals surface area contributed by atoms with Gasteiger partial charge in [-0.2, -0.15) is 0 Å². The highest BCUT2D eigenvalue weighted by atomic mass is 19.1. The fraction of sp³-hybridized carbons (Fsp3) is 0.167. The predicted octanol–water partition coefficient (Wildman–Crippen LogP) is 4.29. The first-order chi connectivity index (χ1) is 14.7. The topological polar surface area (TPSA) is 63.2 Å². The molecule has 0 spiro atoms. The molecular weight excluding hydrogens is 379 g/mol. The Kier molecular flexibility index (Phi) is 4.47. The van der Waals surface area contributed by atoms with Gasteiger partial charge in [-0.15, -0.1) is 0 Å². The van der Waals surface area contributed by atoms with Crippen LogP contribution < -0.4 is 10.5 Å². The van der Waals surface area contributed by atoms with Crippen molar-refractivity contribution in [1.29, 1.82) is 0 Å². The van der Waals surface area contributed by atoms with Crippen LogP contribution in [-0.2, 0) is 5.54 Å². The van der Waals surface area contributed by atoms with Gasteiger partial charge < -0.3 is 10.5 Å². The fourth-order valence-electron chi connectivity index (χ4n) is 4.08. The summed E-state index contributed by atoms with van der Waals surface area (Å²) in [6, 6.07) is 23.8. The molecule has 5 nitrogen and oxygen atoms in total. The van der Waals surface area contributed by atoms with E-state index in [4.69, 9.17) is 20.5 Å². The molecule has 0 aliphatic carbocycles. The number of nitrogens with zero attached hydrogens (tertiary/aromatic N) is 3. The second kappa shape index (κ2) is 7.30. The Balaban J connectivity index is 1.63. The second-order valence-corrected chi connectivity index (χ2v) is 7.34. The molecule has 5 rings (SSSR count). The summed E-state index contributed by atoms with van der Waals surface area (Å²) in [6.45, 7) is 1.55. The maximum atomic E-state index is 13.2. The summed E-state index contributed by atoms with van der Waals surface area (Å²) >= 11 is 0. The van der Waals surface area contributed by atoms with Crippen molar-refractivity contribution in [1.82, 2.24) is 4.90 Å². The predicted molar refractivity (Wildman–Crippen MR) is 115 cm³/mol. The number of benzene rings is 3. The molecule has 0 bridgehead atoms. The van der Waals surface area contributed by atoms with E-state index in [0.717, 1.165) is 36.5 Å². The van der Waals surface area contributed by atoms with Gasteiger partial charge in [-0.1, -0.05) is 42.5 Å². The number of ether oxygens (including phenoxy) is 1. The Hall–Kier alpha value is -3.67. The van der Waals surface area contributed by atoms with Crippen molar-refractivity contribution in [3.05, 3.63) is 95.8 Å². The minimum Gasteiger partial charge on any atom is -0.457 e. The molecular formula is C24H21FN4O. The van der Waals surface area contributed by atoms with Crippen molar-refractivity contribution in [2.24, 2.45) is 15.7 Å². The van der Waals surface area contributed by atoms with Gasteiger partial charge in [-0.25, -0.2) is 9.38 Å². The first kappa shape index (κ1) is 18.4. The minimum absolute atomic E-state index is 0.301. The highest BCUT2D eigenvalue weighted by Crippen LogP contribution is 2.42.